The highest BCUT2D eigenvalue weighted by Crippen LogP contribution is 2.33. The molecular weight excluding hydrogens is 270 g/mol. The lowest BCUT2D eigenvalue weighted by Crippen LogP contribution is -2.11. The molecule has 3 nitrogen and oxygen atoms in total. The van der Waals surface area contributed by atoms with Crippen molar-refractivity contribution in [2.24, 2.45) is 0 Å². The number of carbonyl (C=O) groups excluding carboxylic acids is 1. The summed E-state index contributed by atoms with van der Waals surface area (Å²) < 4.78 is 5.81. The molecule has 0 unspecified atom stereocenters. The van der Waals surface area contributed by atoms with Gasteiger partial charge in [0, 0.05) is 21.7 Å². The molecule has 0 fully saturated rings. The summed E-state index contributed by atoms with van der Waals surface area (Å²) in [6.07, 6.45) is 0.840. The topological polar surface area (TPSA) is 43.1 Å². The van der Waals surface area contributed by atoms with Crippen molar-refractivity contribution in [1.29, 1.82) is 0 Å². The molecule has 20 heavy (non-hydrogen) atoms. The van der Waals surface area contributed by atoms with Crippen LogP contribution in [0, 0.1) is 0 Å². The van der Waals surface area contributed by atoms with Crippen molar-refractivity contribution in [1.82, 2.24) is 4.98 Å². The van der Waals surface area contributed by atoms with E-state index in [0.717, 1.165) is 33.7 Å². The number of aldehydes is 1. The lowest BCUT2D eigenvalue weighted by Gasteiger charge is -2.13. The van der Waals surface area contributed by atoms with Crippen LogP contribution in [0.1, 0.15) is 36.8 Å². The number of rotatable bonds is 2. The van der Waals surface area contributed by atoms with Crippen LogP contribution in [0.4, 0.5) is 0 Å². The second-order valence-corrected chi connectivity index (χ2v) is 6.67. The minimum absolute atomic E-state index is 0.0332. The molecule has 0 saturated carbocycles. The Labute approximate surface area is 121 Å². The number of fused-ring (bicyclic) bond motifs is 1. The zero-order valence-corrected chi connectivity index (χ0v) is 12.5. The van der Waals surface area contributed by atoms with Crippen LogP contribution in [0.2, 0.25) is 0 Å². The smallest absolute Gasteiger partial charge is 0.164 e. The summed E-state index contributed by atoms with van der Waals surface area (Å²) >= 11 is 1.58. The maximum absolute atomic E-state index is 10.8. The molecule has 0 aliphatic heterocycles. The minimum Gasteiger partial charge on any atom is -0.454 e. The highest BCUT2D eigenvalue weighted by molar-refractivity contribution is 7.13. The van der Waals surface area contributed by atoms with Crippen molar-refractivity contribution in [2.75, 3.05) is 0 Å². The number of nitrogens with zero attached hydrogens (tertiary/aromatic N) is 1. The molecule has 1 aromatic carbocycles. The molecule has 2 heterocycles. The largest absolute Gasteiger partial charge is 0.454 e. The van der Waals surface area contributed by atoms with Crippen molar-refractivity contribution >= 4 is 28.6 Å². The van der Waals surface area contributed by atoms with Crippen molar-refractivity contribution < 1.29 is 9.21 Å². The van der Waals surface area contributed by atoms with Crippen LogP contribution >= 0.6 is 11.3 Å². The zero-order chi connectivity index (χ0) is 14.3. The molecule has 0 N–H and O–H groups in total. The number of aromatic nitrogens is 1. The predicted molar refractivity (Wildman–Crippen MR) is 81.4 cm³/mol. The SMILES string of the molecule is CC(C)(C)c1csc(-c2cc3cc(C=O)ccc3o2)n1. The van der Waals surface area contributed by atoms with E-state index in [9.17, 15) is 4.79 Å². The Bertz CT molecular complexity index is 777. The quantitative estimate of drug-likeness (QED) is 0.643. The van der Waals surface area contributed by atoms with Gasteiger partial charge in [0.1, 0.15) is 11.9 Å². The fourth-order valence-electron chi connectivity index (χ4n) is 1.97. The van der Waals surface area contributed by atoms with Crippen molar-refractivity contribution in [2.45, 2.75) is 26.2 Å². The molecule has 0 radical (unpaired) electrons. The van der Waals surface area contributed by atoms with Crippen LogP contribution < -0.4 is 0 Å². The maximum Gasteiger partial charge on any atom is 0.164 e. The number of thiazole rings is 1. The molecule has 0 bridgehead atoms. The Hall–Kier alpha value is -1.94. The van der Waals surface area contributed by atoms with Gasteiger partial charge < -0.3 is 4.42 Å². The number of hydrogen-bond donors (Lipinski definition) is 0. The first-order valence-corrected chi connectivity index (χ1v) is 7.30. The Kier molecular flexibility index (Phi) is 2.98. The standard InChI is InChI=1S/C16H15NO2S/c1-16(2,3)14-9-20-15(17-14)13-7-11-6-10(8-18)4-5-12(11)19-13/h4-9H,1-3H3. The number of carbonyl (C=O) groups is 1. The van der Waals surface area contributed by atoms with Crippen LogP contribution in [0.5, 0.6) is 0 Å². The van der Waals surface area contributed by atoms with Crippen LogP contribution in [0.3, 0.4) is 0 Å². The van der Waals surface area contributed by atoms with Crippen LogP contribution in [0.25, 0.3) is 21.7 Å². The third kappa shape index (κ3) is 2.27. The third-order valence-corrected chi connectivity index (χ3v) is 4.02. The van der Waals surface area contributed by atoms with Gasteiger partial charge in [-0.05, 0) is 24.3 Å². The Morgan fingerprint density at radius 2 is 2.05 bits per heavy atom. The summed E-state index contributed by atoms with van der Waals surface area (Å²) in [6.45, 7) is 6.42. The van der Waals surface area contributed by atoms with Gasteiger partial charge in [-0.2, -0.15) is 0 Å². The van der Waals surface area contributed by atoms with Gasteiger partial charge in [0.25, 0.3) is 0 Å². The van der Waals surface area contributed by atoms with Crippen molar-refractivity contribution in [3.05, 3.63) is 40.9 Å². The van der Waals surface area contributed by atoms with Crippen molar-refractivity contribution in [3.8, 4) is 10.8 Å². The molecule has 2 aromatic heterocycles. The summed E-state index contributed by atoms with van der Waals surface area (Å²) in [7, 11) is 0. The van der Waals surface area contributed by atoms with E-state index in [4.69, 9.17) is 4.42 Å². The lowest BCUT2D eigenvalue weighted by atomic mass is 9.93. The lowest BCUT2D eigenvalue weighted by molar-refractivity contribution is 0.112. The predicted octanol–water partition coefficient (Wildman–Crippen LogP) is 4.67. The first-order chi connectivity index (χ1) is 9.47. The summed E-state index contributed by atoms with van der Waals surface area (Å²) in [5.41, 5.74) is 2.52. The van der Waals surface area contributed by atoms with Crippen LogP contribution in [0.15, 0.2) is 34.1 Å². The Morgan fingerprint density at radius 3 is 2.70 bits per heavy atom. The van der Waals surface area contributed by atoms with E-state index in [2.05, 4.69) is 31.1 Å². The summed E-state index contributed by atoms with van der Waals surface area (Å²) in [6, 6.07) is 7.34. The van der Waals surface area contributed by atoms with Gasteiger partial charge in [0.15, 0.2) is 10.8 Å². The van der Waals surface area contributed by atoms with Gasteiger partial charge in [0.2, 0.25) is 0 Å². The van der Waals surface area contributed by atoms with E-state index in [1.165, 1.54) is 0 Å². The van der Waals surface area contributed by atoms with E-state index in [1.54, 1.807) is 17.4 Å². The highest BCUT2D eigenvalue weighted by atomic mass is 32.1. The van der Waals surface area contributed by atoms with E-state index in [0.29, 0.717) is 5.56 Å². The molecule has 0 amide bonds. The first-order valence-electron chi connectivity index (χ1n) is 6.42. The number of furan rings is 1. The van der Waals surface area contributed by atoms with Gasteiger partial charge in [-0.3, -0.25) is 4.79 Å². The van der Waals surface area contributed by atoms with Crippen LogP contribution in [-0.2, 0) is 5.41 Å². The summed E-state index contributed by atoms with van der Waals surface area (Å²) in [4.78, 5) is 15.4. The Balaban J connectivity index is 2.06. The maximum atomic E-state index is 10.8. The number of benzene rings is 1. The van der Waals surface area contributed by atoms with Gasteiger partial charge in [0.05, 0.1) is 5.69 Å². The molecular formula is C16H15NO2S. The van der Waals surface area contributed by atoms with Crippen LogP contribution in [-0.4, -0.2) is 11.3 Å². The van der Waals surface area contributed by atoms with Crippen molar-refractivity contribution in [3.63, 3.8) is 0 Å². The first kappa shape index (κ1) is 13.1. The van der Waals surface area contributed by atoms with E-state index in [-0.39, 0.29) is 5.41 Å². The second-order valence-electron chi connectivity index (χ2n) is 5.81. The van der Waals surface area contributed by atoms with Gasteiger partial charge in [-0.25, -0.2) is 4.98 Å². The molecule has 0 atom stereocenters. The molecule has 102 valence electrons. The van der Waals surface area contributed by atoms with Gasteiger partial charge in [-0.1, -0.05) is 20.8 Å². The summed E-state index contributed by atoms with van der Waals surface area (Å²) in [5, 5.41) is 3.87. The van der Waals surface area contributed by atoms with E-state index < -0.39 is 0 Å². The Morgan fingerprint density at radius 1 is 1.25 bits per heavy atom. The molecule has 3 aromatic rings. The molecule has 0 spiro atoms. The van der Waals surface area contributed by atoms with Gasteiger partial charge >= 0.3 is 0 Å². The fraction of sp³-hybridized carbons (Fsp3) is 0.250. The average molecular weight is 285 g/mol. The fourth-order valence-corrected chi connectivity index (χ4v) is 2.97. The molecule has 0 aliphatic carbocycles. The van der Waals surface area contributed by atoms with E-state index in [1.807, 2.05) is 18.2 Å². The molecule has 0 aliphatic rings. The summed E-state index contributed by atoms with van der Waals surface area (Å²) in [5.74, 6) is 0.753. The third-order valence-electron chi connectivity index (χ3n) is 3.16. The monoisotopic (exact) mass is 285 g/mol. The zero-order valence-electron chi connectivity index (χ0n) is 11.6. The second kappa shape index (κ2) is 4.56. The molecule has 3 rings (SSSR count). The molecule has 4 heteroatoms. The average Bonchev–Trinajstić information content (AvgIpc) is 3.03. The molecule has 0 saturated heterocycles. The van der Waals surface area contributed by atoms with Gasteiger partial charge in [-0.15, -0.1) is 11.3 Å². The number of hydrogen-bond acceptors (Lipinski definition) is 4. The minimum atomic E-state index is 0.0332. The normalized spacial score (nSPS) is 11.9. The highest BCUT2D eigenvalue weighted by Gasteiger charge is 2.19. The van der Waals surface area contributed by atoms with E-state index >= 15 is 0 Å².